The molecule has 27 heavy (non-hydrogen) atoms. The molecule has 1 aromatic heterocycles. The Bertz CT molecular complexity index is 923. The highest BCUT2D eigenvalue weighted by Crippen LogP contribution is 2.24. The van der Waals surface area contributed by atoms with Gasteiger partial charge in [0.15, 0.2) is 5.76 Å². The summed E-state index contributed by atoms with van der Waals surface area (Å²) in [6, 6.07) is 4.51. The Labute approximate surface area is 167 Å². The van der Waals surface area contributed by atoms with Crippen molar-refractivity contribution >= 4 is 31.9 Å². The van der Waals surface area contributed by atoms with Crippen molar-refractivity contribution in [2.45, 2.75) is 38.3 Å². The van der Waals surface area contributed by atoms with E-state index in [1.165, 1.54) is 25.7 Å². The average Bonchev–Trinajstić information content (AvgIpc) is 2.93. The zero-order valence-electron chi connectivity index (χ0n) is 15.7. The van der Waals surface area contributed by atoms with Crippen molar-refractivity contribution in [2.75, 3.05) is 14.2 Å². The summed E-state index contributed by atoms with van der Waals surface area (Å²) in [5.74, 6) is 0.432. The number of likely N-dealkylation sites (N-methyl/N-ethyl adjacent to an activating group) is 1. The average molecular weight is 460 g/mol. The summed E-state index contributed by atoms with van der Waals surface area (Å²) in [6.45, 7) is 4.79. The highest BCUT2D eigenvalue weighted by molar-refractivity contribution is 9.10. The molecule has 1 atom stereocenters. The summed E-state index contributed by atoms with van der Waals surface area (Å²) in [6.07, 6.45) is 0. The van der Waals surface area contributed by atoms with Crippen LogP contribution in [0, 0.1) is 13.8 Å². The molecule has 0 saturated carbocycles. The number of rotatable bonds is 7. The lowest BCUT2D eigenvalue weighted by Gasteiger charge is -2.23. The zero-order chi connectivity index (χ0) is 20.4. The van der Waals surface area contributed by atoms with E-state index in [0.29, 0.717) is 5.75 Å². The number of aryl methyl sites for hydroxylation is 2. The molecule has 0 aliphatic heterocycles. The SMILES string of the molecule is COc1ccc(Br)cc1CN(C)C(=O)[C@H](C)NS(=O)(=O)c1c(C)noc1C. The summed E-state index contributed by atoms with van der Waals surface area (Å²) in [7, 11) is -0.783. The predicted molar refractivity (Wildman–Crippen MR) is 103 cm³/mol. The maximum absolute atomic E-state index is 12.7. The molecule has 1 amide bonds. The van der Waals surface area contributed by atoms with Crippen molar-refractivity contribution in [1.82, 2.24) is 14.8 Å². The van der Waals surface area contributed by atoms with Crippen molar-refractivity contribution in [3.63, 3.8) is 0 Å². The van der Waals surface area contributed by atoms with Crippen LogP contribution in [-0.2, 0) is 21.4 Å². The van der Waals surface area contributed by atoms with Gasteiger partial charge in [-0.2, -0.15) is 4.72 Å². The molecular weight excluding hydrogens is 438 g/mol. The van der Waals surface area contributed by atoms with Crippen LogP contribution < -0.4 is 9.46 Å². The fraction of sp³-hybridized carbons (Fsp3) is 0.412. The number of carbonyl (C=O) groups excluding carboxylic acids is 1. The van der Waals surface area contributed by atoms with Crippen LogP contribution in [0.3, 0.4) is 0 Å². The van der Waals surface area contributed by atoms with Crippen molar-refractivity contribution in [3.05, 3.63) is 39.7 Å². The van der Waals surface area contributed by atoms with E-state index in [9.17, 15) is 13.2 Å². The fourth-order valence-electron chi connectivity index (χ4n) is 2.74. The van der Waals surface area contributed by atoms with Gasteiger partial charge in [-0.25, -0.2) is 8.42 Å². The molecule has 0 spiro atoms. The van der Waals surface area contributed by atoms with Gasteiger partial charge in [0.1, 0.15) is 16.3 Å². The largest absolute Gasteiger partial charge is 0.496 e. The summed E-state index contributed by atoms with van der Waals surface area (Å²) < 4.78 is 38.6. The lowest BCUT2D eigenvalue weighted by Crippen LogP contribution is -2.45. The van der Waals surface area contributed by atoms with E-state index in [0.717, 1.165) is 10.0 Å². The summed E-state index contributed by atoms with van der Waals surface area (Å²) in [4.78, 5) is 14.0. The lowest BCUT2D eigenvalue weighted by atomic mass is 10.2. The Balaban J connectivity index is 2.14. The van der Waals surface area contributed by atoms with Crippen molar-refractivity contribution < 1.29 is 22.5 Å². The van der Waals surface area contributed by atoms with E-state index in [-0.39, 0.29) is 28.8 Å². The van der Waals surface area contributed by atoms with Gasteiger partial charge in [-0.15, -0.1) is 0 Å². The first-order valence-electron chi connectivity index (χ1n) is 8.09. The van der Waals surface area contributed by atoms with E-state index in [2.05, 4.69) is 25.8 Å². The molecule has 8 nitrogen and oxygen atoms in total. The van der Waals surface area contributed by atoms with Crippen LogP contribution in [0.25, 0.3) is 0 Å². The Morgan fingerprint density at radius 2 is 2.07 bits per heavy atom. The van der Waals surface area contributed by atoms with E-state index in [1.807, 2.05) is 12.1 Å². The van der Waals surface area contributed by atoms with Gasteiger partial charge in [-0.05, 0) is 39.0 Å². The smallest absolute Gasteiger partial charge is 0.246 e. The highest BCUT2D eigenvalue weighted by atomic mass is 79.9. The van der Waals surface area contributed by atoms with Crippen LogP contribution in [0.2, 0.25) is 0 Å². The maximum atomic E-state index is 12.7. The number of methoxy groups -OCH3 is 1. The maximum Gasteiger partial charge on any atom is 0.246 e. The Morgan fingerprint density at radius 3 is 2.63 bits per heavy atom. The molecule has 0 bridgehead atoms. The number of carbonyl (C=O) groups is 1. The Morgan fingerprint density at radius 1 is 1.41 bits per heavy atom. The number of ether oxygens (including phenoxy) is 1. The molecule has 148 valence electrons. The molecule has 0 fully saturated rings. The van der Waals surface area contributed by atoms with Crippen molar-refractivity contribution in [2.24, 2.45) is 0 Å². The third-order valence-electron chi connectivity index (χ3n) is 3.97. The van der Waals surface area contributed by atoms with Gasteiger partial charge in [0.25, 0.3) is 0 Å². The predicted octanol–water partition coefficient (Wildman–Crippen LogP) is 2.39. The van der Waals surface area contributed by atoms with Crippen molar-refractivity contribution in [1.29, 1.82) is 0 Å². The number of hydrogen-bond donors (Lipinski definition) is 1. The Hall–Kier alpha value is -1.91. The minimum absolute atomic E-state index is 0.0431. The minimum Gasteiger partial charge on any atom is -0.496 e. The van der Waals surface area contributed by atoms with Gasteiger partial charge < -0.3 is 14.2 Å². The molecule has 0 saturated heterocycles. The number of halogens is 1. The second-order valence-corrected chi connectivity index (χ2v) is 8.71. The van der Waals surface area contributed by atoms with Crippen LogP contribution in [0.4, 0.5) is 0 Å². The quantitative estimate of drug-likeness (QED) is 0.681. The minimum atomic E-state index is -3.93. The summed E-state index contributed by atoms with van der Waals surface area (Å²) in [5.41, 5.74) is 1.04. The van der Waals surface area contributed by atoms with Gasteiger partial charge in [-0.3, -0.25) is 4.79 Å². The van der Waals surface area contributed by atoms with E-state index < -0.39 is 16.1 Å². The number of aromatic nitrogens is 1. The molecule has 0 aliphatic rings. The number of hydrogen-bond acceptors (Lipinski definition) is 6. The lowest BCUT2D eigenvalue weighted by molar-refractivity contribution is -0.131. The van der Waals surface area contributed by atoms with Gasteiger partial charge in [0, 0.05) is 23.6 Å². The molecule has 0 aliphatic carbocycles. The third-order valence-corrected chi connectivity index (χ3v) is 6.24. The zero-order valence-corrected chi connectivity index (χ0v) is 18.1. The molecule has 0 radical (unpaired) electrons. The Kier molecular flexibility index (Phi) is 6.66. The van der Waals surface area contributed by atoms with E-state index >= 15 is 0 Å². The van der Waals surface area contributed by atoms with E-state index in [4.69, 9.17) is 9.26 Å². The number of nitrogens with one attached hydrogen (secondary N) is 1. The molecule has 2 aromatic rings. The van der Waals surface area contributed by atoms with Crippen LogP contribution in [0.1, 0.15) is 23.9 Å². The molecular formula is C17H22BrN3O5S. The second-order valence-electron chi connectivity index (χ2n) is 6.15. The van der Waals surface area contributed by atoms with Gasteiger partial charge >= 0.3 is 0 Å². The molecule has 1 aromatic carbocycles. The van der Waals surface area contributed by atoms with Gasteiger partial charge in [0.2, 0.25) is 15.9 Å². The molecule has 0 unspecified atom stereocenters. The number of nitrogens with zero attached hydrogens (tertiary/aromatic N) is 2. The highest BCUT2D eigenvalue weighted by Gasteiger charge is 2.29. The monoisotopic (exact) mass is 459 g/mol. The summed E-state index contributed by atoms with van der Waals surface area (Å²) >= 11 is 3.39. The fourth-order valence-corrected chi connectivity index (χ4v) is 4.67. The van der Waals surface area contributed by atoms with Crippen LogP contribution in [0.5, 0.6) is 5.75 Å². The number of amides is 1. The van der Waals surface area contributed by atoms with Crippen LogP contribution in [0.15, 0.2) is 32.1 Å². The first-order valence-corrected chi connectivity index (χ1v) is 10.4. The van der Waals surface area contributed by atoms with Gasteiger partial charge in [0.05, 0.1) is 13.2 Å². The van der Waals surface area contributed by atoms with Gasteiger partial charge in [-0.1, -0.05) is 21.1 Å². The van der Waals surface area contributed by atoms with Crippen LogP contribution >= 0.6 is 15.9 Å². The van der Waals surface area contributed by atoms with Crippen molar-refractivity contribution in [3.8, 4) is 5.75 Å². The molecule has 2 rings (SSSR count). The number of benzene rings is 1. The van der Waals surface area contributed by atoms with Crippen LogP contribution in [-0.4, -0.2) is 44.6 Å². The normalized spacial score (nSPS) is 12.7. The first kappa shape index (κ1) is 21.4. The molecule has 1 N–H and O–H groups in total. The first-order chi connectivity index (χ1) is 12.6. The summed E-state index contributed by atoms with van der Waals surface area (Å²) in [5, 5.41) is 3.65. The topological polar surface area (TPSA) is 102 Å². The molecule has 10 heteroatoms. The standard InChI is InChI=1S/C17H22BrN3O5S/c1-10-16(12(3)26-19-10)27(23,24)20-11(2)17(22)21(4)9-13-8-14(18)6-7-15(13)25-5/h6-8,11,20H,9H2,1-5H3/t11-/m0/s1. The molecule has 1 heterocycles. The second kappa shape index (κ2) is 8.41. The van der Waals surface area contributed by atoms with E-state index in [1.54, 1.807) is 20.2 Å². The number of sulfonamides is 1. The third kappa shape index (κ3) is 4.88.